The minimum Gasteiger partial charge on any atom is -0.328 e. The summed E-state index contributed by atoms with van der Waals surface area (Å²) in [6.07, 6.45) is 5.17. The van der Waals surface area contributed by atoms with E-state index in [2.05, 4.69) is 41.5 Å². The van der Waals surface area contributed by atoms with E-state index in [1.165, 1.54) is 25.7 Å². The third-order valence-electron chi connectivity index (χ3n) is 4.76. The molecule has 0 aromatic carbocycles. The molecule has 0 aromatic rings. The Labute approximate surface area is 96.8 Å². The van der Waals surface area contributed by atoms with Crippen LogP contribution in [0.1, 0.15) is 67.2 Å². The van der Waals surface area contributed by atoms with Gasteiger partial charge in [-0.15, -0.1) is 0 Å². The zero-order valence-corrected chi connectivity index (χ0v) is 11.6. The molecule has 0 fully saturated rings. The Morgan fingerprint density at radius 3 is 1.80 bits per heavy atom. The summed E-state index contributed by atoms with van der Waals surface area (Å²) in [6.45, 7) is 13.8. The first-order valence-electron chi connectivity index (χ1n) is 6.63. The van der Waals surface area contributed by atoms with Crippen LogP contribution in [0.2, 0.25) is 0 Å². The number of hydrogen-bond donors (Lipinski definition) is 1. The lowest BCUT2D eigenvalue weighted by molar-refractivity contribution is 0.163. The third kappa shape index (κ3) is 4.55. The van der Waals surface area contributed by atoms with Gasteiger partial charge in [0.05, 0.1) is 0 Å². The highest BCUT2D eigenvalue weighted by atomic mass is 14.6. The number of rotatable bonds is 7. The second kappa shape index (κ2) is 6.52. The highest BCUT2D eigenvalue weighted by molar-refractivity contribution is 4.78. The van der Waals surface area contributed by atoms with Crippen LogP contribution < -0.4 is 5.73 Å². The molecule has 0 saturated heterocycles. The summed E-state index contributed by atoms with van der Waals surface area (Å²) in [5, 5.41) is 0. The third-order valence-corrected chi connectivity index (χ3v) is 4.76. The maximum Gasteiger partial charge on any atom is 0.00361 e. The Hall–Kier alpha value is -0.0400. The van der Waals surface area contributed by atoms with Crippen LogP contribution in [0.3, 0.4) is 0 Å². The number of nitrogens with two attached hydrogens (primary N) is 1. The van der Waals surface area contributed by atoms with Gasteiger partial charge in [-0.1, -0.05) is 47.5 Å². The Bertz CT molecular complexity index is 159. The van der Waals surface area contributed by atoms with E-state index in [1.807, 2.05) is 0 Å². The molecule has 0 radical (unpaired) electrons. The van der Waals surface area contributed by atoms with Crippen LogP contribution in [0.25, 0.3) is 0 Å². The average Bonchev–Trinajstić information content (AvgIpc) is 2.23. The zero-order chi connectivity index (χ0) is 12.1. The lowest BCUT2D eigenvalue weighted by atomic mass is 9.71. The van der Waals surface area contributed by atoms with E-state index in [-0.39, 0.29) is 0 Å². The van der Waals surface area contributed by atoms with Gasteiger partial charge in [-0.3, -0.25) is 0 Å². The maximum atomic E-state index is 5.90. The largest absolute Gasteiger partial charge is 0.328 e. The van der Waals surface area contributed by atoms with Gasteiger partial charge in [0.2, 0.25) is 0 Å². The number of hydrogen-bond acceptors (Lipinski definition) is 1. The molecule has 0 aliphatic rings. The average molecular weight is 213 g/mol. The van der Waals surface area contributed by atoms with Gasteiger partial charge in [0.15, 0.2) is 0 Å². The predicted molar refractivity (Wildman–Crippen MR) is 69.9 cm³/mol. The van der Waals surface area contributed by atoms with Crippen LogP contribution in [-0.2, 0) is 0 Å². The van der Waals surface area contributed by atoms with Crippen molar-refractivity contribution in [1.29, 1.82) is 0 Å². The molecule has 15 heavy (non-hydrogen) atoms. The molecular weight excluding hydrogens is 182 g/mol. The molecule has 0 aromatic heterocycles. The molecule has 0 rings (SSSR count). The molecule has 92 valence electrons. The fourth-order valence-electron chi connectivity index (χ4n) is 2.07. The summed E-state index contributed by atoms with van der Waals surface area (Å²) in [7, 11) is 0. The van der Waals surface area contributed by atoms with Crippen molar-refractivity contribution in [3.63, 3.8) is 0 Å². The second-order valence-electron chi connectivity index (χ2n) is 5.68. The lowest BCUT2D eigenvalue weighted by Gasteiger charge is -2.35. The predicted octanol–water partition coefficient (Wildman–Crippen LogP) is 4.21. The van der Waals surface area contributed by atoms with Crippen molar-refractivity contribution in [2.75, 3.05) is 0 Å². The Balaban J connectivity index is 4.07. The smallest absolute Gasteiger partial charge is 0.00361 e. The van der Waals surface area contributed by atoms with Gasteiger partial charge in [0, 0.05) is 6.04 Å². The van der Waals surface area contributed by atoms with Crippen molar-refractivity contribution < 1.29 is 0 Å². The summed E-state index contributed by atoms with van der Waals surface area (Å²) >= 11 is 0. The topological polar surface area (TPSA) is 26.0 Å². The van der Waals surface area contributed by atoms with Gasteiger partial charge in [0.25, 0.3) is 0 Å². The summed E-state index contributed by atoms with van der Waals surface area (Å²) in [6, 6.07) is 0.340. The normalized spacial score (nSPS) is 18.6. The maximum absolute atomic E-state index is 5.90. The summed E-state index contributed by atoms with van der Waals surface area (Å²) in [4.78, 5) is 0. The molecule has 0 aliphatic heterocycles. The Morgan fingerprint density at radius 2 is 1.47 bits per heavy atom. The van der Waals surface area contributed by atoms with Crippen LogP contribution >= 0.6 is 0 Å². The summed E-state index contributed by atoms with van der Waals surface area (Å²) in [5.41, 5.74) is 6.42. The fraction of sp³-hybridized carbons (Fsp3) is 1.00. The molecule has 0 amide bonds. The van der Waals surface area contributed by atoms with Gasteiger partial charge in [0.1, 0.15) is 0 Å². The van der Waals surface area contributed by atoms with Crippen molar-refractivity contribution in [2.45, 2.75) is 73.3 Å². The Kier molecular flexibility index (Phi) is 6.51. The molecule has 0 aliphatic carbocycles. The minimum absolute atomic E-state index is 0.340. The minimum atomic E-state index is 0.340. The van der Waals surface area contributed by atoms with Gasteiger partial charge in [-0.25, -0.2) is 0 Å². The van der Waals surface area contributed by atoms with Crippen LogP contribution in [0, 0.1) is 17.3 Å². The molecule has 0 saturated carbocycles. The van der Waals surface area contributed by atoms with Gasteiger partial charge in [-0.05, 0) is 37.0 Å². The Morgan fingerprint density at radius 1 is 1.00 bits per heavy atom. The van der Waals surface area contributed by atoms with E-state index in [0.29, 0.717) is 17.4 Å². The molecule has 3 atom stereocenters. The van der Waals surface area contributed by atoms with E-state index in [1.54, 1.807) is 0 Å². The van der Waals surface area contributed by atoms with E-state index < -0.39 is 0 Å². The molecule has 1 heteroatoms. The molecule has 0 bridgehead atoms. The van der Waals surface area contributed by atoms with Crippen molar-refractivity contribution in [3.8, 4) is 0 Å². The van der Waals surface area contributed by atoms with E-state index >= 15 is 0 Å². The first-order chi connectivity index (χ1) is 6.87. The van der Waals surface area contributed by atoms with Crippen LogP contribution in [0.5, 0.6) is 0 Å². The first-order valence-corrected chi connectivity index (χ1v) is 6.63. The highest BCUT2D eigenvalue weighted by Gasteiger charge is 2.27. The van der Waals surface area contributed by atoms with Crippen LogP contribution in [-0.4, -0.2) is 6.04 Å². The molecule has 0 heterocycles. The zero-order valence-electron chi connectivity index (χ0n) is 11.6. The van der Waals surface area contributed by atoms with Crippen molar-refractivity contribution in [2.24, 2.45) is 23.0 Å². The molecule has 2 N–H and O–H groups in total. The fourth-order valence-corrected chi connectivity index (χ4v) is 2.07. The SMILES string of the molecule is CCC(C)(CC)C(C)CCC(C)C(C)N. The quantitative estimate of drug-likeness (QED) is 0.673. The van der Waals surface area contributed by atoms with Gasteiger partial charge < -0.3 is 5.73 Å². The lowest BCUT2D eigenvalue weighted by Crippen LogP contribution is -2.27. The monoisotopic (exact) mass is 213 g/mol. The standard InChI is InChI=1S/C14H31N/c1-7-14(6,8-2)12(4)10-9-11(3)13(5)15/h11-13H,7-10,15H2,1-6H3. The first kappa shape index (κ1) is 15.0. The molecule has 0 spiro atoms. The molecule has 3 unspecified atom stereocenters. The van der Waals surface area contributed by atoms with E-state index in [9.17, 15) is 0 Å². The summed E-state index contributed by atoms with van der Waals surface area (Å²) in [5.74, 6) is 1.47. The van der Waals surface area contributed by atoms with Gasteiger partial charge >= 0.3 is 0 Å². The summed E-state index contributed by atoms with van der Waals surface area (Å²) < 4.78 is 0. The van der Waals surface area contributed by atoms with Crippen LogP contribution in [0.4, 0.5) is 0 Å². The van der Waals surface area contributed by atoms with Crippen molar-refractivity contribution in [3.05, 3.63) is 0 Å². The molecular formula is C14H31N. The highest BCUT2D eigenvalue weighted by Crippen LogP contribution is 2.37. The van der Waals surface area contributed by atoms with Crippen LogP contribution in [0.15, 0.2) is 0 Å². The van der Waals surface area contributed by atoms with Crippen molar-refractivity contribution >= 4 is 0 Å². The van der Waals surface area contributed by atoms with Gasteiger partial charge in [-0.2, -0.15) is 0 Å². The second-order valence-corrected chi connectivity index (χ2v) is 5.68. The molecule has 1 nitrogen and oxygen atoms in total. The van der Waals surface area contributed by atoms with Crippen molar-refractivity contribution in [1.82, 2.24) is 0 Å². The van der Waals surface area contributed by atoms with E-state index in [0.717, 1.165) is 5.92 Å². The van der Waals surface area contributed by atoms with E-state index in [4.69, 9.17) is 5.73 Å².